The van der Waals surface area contributed by atoms with Crippen LogP contribution in [0.3, 0.4) is 0 Å². The minimum Gasteiger partial charge on any atom is -0.371 e. The molecule has 0 heterocycles. The van der Waals surface area contributed by atoms with Gasteiger partial charge in [0, 0.05) is 6.04 Å². The van der Waals surface area contributed by atoms with Gasteiger partial charge in [-0.05, 0) is 52.5 Å². The highest BCUT2D eigenvalue weighted by atomic mass is 16.5. The van der Waals surface area contributed by atoms with Crippen molar-refractivity contribution in [3.05, 3.63) is 0 Å². The number of rotatable bonds is 6. The van der Waals surface area contributed by atoms with Crippen LogP contribution < -0.4 is 5.32 Å². The van der Waals surface area contributed by atoms with Gasteiger partial charge in [0.25, 0.3) is 0 Å². The maximum atomic E-state index is 6.35. The van der Waals surface area contributed by atoms with E-state index in [2.05, 4.69) is 40.1 Å². The predicted octanol–water partition coefficient (Wildman–Crippen LogP) is 3.75. The van der Waals surface area contributed by atoms with Gasteiger partial charge in [0.2, 0.25) is 0 Å². The SMILES string of the molecule is CCCC1CCC(NC)C(OC(C)(C)CC)C1. The van der Waals surface area contributed by atoms with Gasteiger partial charge in [0.05, 0.1) is 11.7 Å². The molecule has 3 atom stereocenters. The first-order chi connectivity index (χ1) is 8.02. The van der Waals surface area contributed by atoms with Crippen molar-refractivity contribution >= 4 is 0 Å². The first-order valence-electron chi connectivity index (χ1n) is 7.37. The average molecular weight is 241 g/mol. The van der Waals surface area contributed by atoms with Gasteiger partial charge in [-0.15, -0.1) is 0 Å². The standard InChI is InChI=1S/C15H31NO/c1-6-8-12-9-10-13(16-5)14(11-12)17-15(3,4)7-2/h12-14,16H,6-11H2,1-5H3. The summed E-state index contributed by atoms with van der Waals surface area (Å²) in [7, 11) is 2.07. The van der Waals surface area contributed by atoms with Gasteiger partial charge in [0.15, 0.2) is 0 Å². The van der Waals surface area contributed by atoms with Gasteiger partial charge >= 0.3 is 0 Å². The molecule has 102 valence electrons. The molecule has 0 saturated heterocycles. The van der Waals surface area contributed by atoms with Gasteiger partial charge in [-0.25, -0.2) is 0 Å². The summed E-state index contributed by atoms with van der Waals surface area (Å²) in [6, 6.07) is 0.550. The zero-order valence-corrected chi connectivity index (χ0v) is 12.4. The van der Waals surface area contributed by atoms with Crippen LogP contribution in [-0.4, -0.2) is 24.8 Å². The number of nitrogens with one attached hydrogen (secondary N) is 1. The summed E-state index contributed by atoms with van der Waals surface area (Å²) >= 11 is 0. The van der Waals surface area contributed by atoms with Crippen molar-refractivity contribution in [2.75, 3.05) is 7.05 Å². The molecule has 1 rings (SSSR count). The minimum absolute atomic E-state index is 0.0217. The van der Waals surface area contributed by atoms with Crippen molar-refractivity contribution in [3.63, 3.8) is 0 Å². The lowest BCUT2D eigenvalue weighted by molar-refractivity contribution is -0.106. The second-order valence-electron chi connectivity index (χ2n) is 6.13. The largest absolute Gasteiger partial charge is 0.371 e. The van der Waals surface area contributed by atoms with Crippen molar-refractivity contribution in [3.8, 4) is 0 Å². The Morgan fingerprint density at radius 3 is 2.47 bits per heavy atom. The molecule has 2 heteroatoms. The molecule has 1 N–H and O–H groups in total. The maximum absolute atomic E-state index is 6.35. The van der Waals surface area contributed by atoms with Crippen LogP contribution in [0.4, 0.5) is 0 Å². The van der Waals surface area contributed by atoms with Crippen molar-refractivity contribution < 1.29 is 4.74 Å². The second kappa shape index (κ2) is 6.75. The molecule has 3 unspecified atom stereocenters. The molecule has 0 aromatic carbocycles. The smallest absolute Gasteiger partial charge is 0.0737 e. The Morgan fingerprint density at radius 2 is 1.94 bits per heavy atom. The van der Waals surface area contributed by atoms with Crippen molar-refractivity contribution in [1.82, 2.24) is 5.32 Å². The van der Waals surface area contributed by atoms with E-state index in [0.717, 1.165) is 12.3 Å². The molecule has 1 fully saturated rings. The van der Waals surface area contributed by atoms with E-state index in [1.807, 2.05) is 0 Å². The summed E-state index contributed by atoms with van der Waals surface area (Å²) in [6.45, 7) is 8.92. The zero-order chi connectivity index (χ0) is 12.9. The van der Waals surface area contributed by atoms with E-state index in [0.29, 0.717) is 12.1 Å². The van der Waals surface area contributed by atoms with E-state index in [1.165, 1.54) is 32.1 Å². The highest BCUT2D eigenvalue weighted by Crippen LogP contribution is 2.32. The second-order valence-corrected chi connectivity index (χ2v) is 6.13. The number of likely N-dealkylation sites (N-methyl/N-ethyl adjacent to an activating group) is 1. The third-order valence-corrected chi connectivity index (χ3v) is 4.29. The Hall–Kier alpha value is -0.0800. The summed E-state index contributed by atoms with van der Waals surface area (Å²) in [5.74, 6) is 0.877. The van der Waals surface area contributed by atoms with Crippen LogP contribution in [0.5, 0.6) is 0 Å². The van der Waals surface area contributed by atoms with Crippen molar-refractivity contribution in [2.24, 2.45) is 5.92 Å². The van der Waals surface area contributed by atoms with Crippen LogP contribution in [0.15, 0.2) is 0 Å². The van der Waals surface area contributed by atoms with Crippen LogP contribution in [0.1, 0.15) is 66.2 Å². The summed E-state index contributed by atoms with van der Waals surface area (Å²) in [5, 5.41) is 3.44. The molecule has 0 aromatic rings. The highest BCUT2D eigenvalue weighted by molar-refractivity contribution is 4.87. The molecule has 1 aliphatic rings. The van der Waals surface area contributed by atoms with Crippen LogP contribution in [0.2, 0.25) is 0 Å². The molecule has 0 spiro atoms. The molecule has 0 amide bonds. The fourth-order valence-corrected chi connectivity index (χ4v) is 2.84. The number of hydrogen-bond acceptors (Lipinski definition) is 2. The van der Waals surface area contributed by atoms with Gasteiger partial charge in [-0.1, -0.05) is 26.7 Å². The van der Waals surface area contributed by atoms with Gasteiger partial charge in [-0.2, -0.15) is 0 Å². The molecular formula is C15H31NO. The van der Waals surface area contributed by atoms with E-state index in [4.69, 9.17) is 4.74 Å². The molecule has 0 radical (unpaired) electrons. The molecule has 1 saturated carbocycles. The summed E-state index contributed by atoms with van der Waals surface area (Å²) in [5.41, 5.74) is 0.0217. The molecule has 17 heavy (non-hydrogen) atoms. The van der Waals surface area contributed by atoms with E-state index in [-0.39, 0.29) is 5.60 Å². The molecule has 1 aliphatic carbocycles. The van der Waals surface area contributed by atoms with E-state index >= 15 is 0 Å². The van der Waals surface area contributed by atoms with Gasteiger partial charge < -0.3 is 10.1 Å². The van der Waals surface area contributed by atoms with Gasteiger partial charge in [0.1, 0.15) is 0 Å². The van der Waals surface area contributed by atoms with Crippen molar-refractivity contribution in [1.29, 1.82) is 0 Å². The normalized spacial score (nSPS) is 30.5. The Balaban J connectivity index is 2.57. The molecule has 0 bridgehead atoms. The molecule has 0 aromatic heterocycles. The fraction of sp³-hybridized carbons (Fsp3) is 1.00. The zero-order valence-electron chi connectivity index (χ0n) is 12.4. The Bertz CT molecular complexity index is 215. The lowest BCUT2D eigenvalue weighted by Crippen LogP contribution is -2.47. The van der Waals surface area contributed by atoms with Crippen LogP contribution in [-0.2, 0) is 4.74 Å². The summed E-state index contributed by atoms with van der Waals surface area (Å²) in [4.78, 5) is 0. The maximum Gasteiger partial charge on any atom is 0.0737 e. The third-order valence-electron chi connectivity index (χ3n) is 4.29. The predicted molar refractivity (Wildman–Crippen MR) is 74.3 cm³/mol. The van der Waals surface area contributed by atoms with Crippen LogP contribution in [0.25, 0.3) is 0 Å². The molecule has 2 nitrogen and oxygen atoms in total. The monoisotopic (exact) mass is 241 g/mol. The Labute approximate surface area is 108 Å². The Kier molecular flexibility index (Phi) is 5.94. The van der Waals surface area contributed by atoms with E-state index in [9.17, 15) is 0 Å². The lowest BCUT2D eigenvalue weighted by atomic mass is 9.81. The highest BCUT2D eigenvalue weighted by Gasteiger charge is 2.33. The van der Waals surface area contributed by atoms with E-state index in [1.54, 1.807) is 0 Å². The first kappa shape index (κ1) is 15.0. The van der Waals surface area contributed by atoms with Crippen molar-refractivity contribution in [2.45, 2.75) is 84.0 Å². The lowest BCUT2D eigenvalue weighted by Gasteiger charge is -2.40. The topological polar surface area (TPSA) is 21.3 Å². The van der Waals surface area contributed by atoms with Crippen LogP contribution in [0, 0.1) is 5.92 Å². The number of hydrogen-bond donors (Lipinski definition) is 1. The Morgan fingerprint density at radius 1 is 1.24 bits per heavy atom. The number of ether oxygens (including phenoxy) is 1. The van der Waals surface area contributed by atoms with Gasteiger partial charge in [-0.3, -0.25) is 0 Å². The third kappa shape index (κ3) is 4.59. The van der Waals surface area contributed by atoms with Crippen LogP contribution >= 0.6 is 0 Å². The average Bonchev–Trinajstić information content (AvgIpc) is 2.29. The molecule has 0 aliphatic heterocycles. The summed E-state index contributed by atoms with van der Waals surface area (Å²) in [6.07, 6.45) is 8.03. The quantitative estimate of drug-likeness (QED) is 0.764. The van der Waals surface area contributed by atoms with E-state index < -0.39 is 0 Å². The minimum atomic E-state index is 0.0217. The summed E-state index contributed by atoms with van der Waals surface area (Å²) < 4.78 is 6.35. The molecular weight excluding hydrogens is 210 g/mol. The first-order valence-corrected chi connectivity index (χ1v) is 7.37. The fourth-order valence-electron chi connectivity index (χ4n) is 2.84.